The van der Waals surface area contributed by atoms with Crippen LogP contribution in [-0.2, 0) is 11.3 Å². The third-order valence-corrected chi connectivity index (χ3v) is 4.82. The van der Waals surface area contributed by atoms with Gasteiger partial charge in [0.1, 0.15) is 0 Å². The van der Waals surface area contributed by atoms with Crippen LogP contribution in [0.4, 0.5) is 0 Å². The molecule has 2 aromatic heterocycles. The van der Waals surface area contributed by atoms with Gasteiger partial charge in [-0.05, 0) is 23.8 Å². The van der Waals surface area contributed by atoms with E-state index in [1.54, 1.807) is 0 Å². The molecule has 4 rings (SSSR count). The number of ether oxygens (including phenoxy) is 1. The SMILES string of the molecule is Oc1[nH]c2cc(Br)ccc2c1-c1ccc(CN2CCOCC2)cn1. The van der Waals surface area contributed by atoms with Crippen LogP contribution in [0.15, 0.2) is 41.0 Å². The van der Waals surface area contributed by atoms with Crippen molar-refractivity contribution in [3.05, 3.63) is 46.6 Å². The van der Waals surface area contributed by atoms with Gasteiger partial charge in [0, 0.05) is 35.7 Å². The molecule has 0 bridgehead atoms. The molecule has 0 spiro atoms. The predicted octanol–water partition coefficient (Wildman–Crippen LogP) is 3.53. The maximum absolute atomic E-state index is 10.3. The zero-order valence-corrected chi connectivity index (χ0v) is 14.7. The lowest BCUT2D eigenvalue weighted by Gasteiger charge is -2.26. The average molecular weight is 388 g/mol. The number of nitrogens with one attached hydrogen (secondary N) is 1. The number of H-pyrrole nitrogens is 1. The van der Waals surface area contributed by atoms with Crippen LogP contribution >= 0.6 is 15.9 Å². The van der Waals surface area contributed by atoms with Gasteiger partial charge in [-0.15, -0.1) is 0 Å². The van der Waals surface area contributed by atoms with Gasteiger partial charge in [-0.25, -0.2) is 0 Å². The van der Waals surface area contributed by atoms with Gasteiger partial charge in [0.2, 0.25) is 0 Å². The molecule has 5 nitrogen and oxygen atoms in total. The Morgan fingerprint density at radius 2 is 2.04 bits per heavy atom. The van der Waals surface area contributed by atoms with Gasteiger partial charge in [-0.1, -0.05) is 28.1 Å². The van der Waals surface area contributed by atoms with E-state index in [0.29, 0.717) is 0 Å². The van der Waals surface area contributed by atoms with Crippen LogP contribution in [-0.4, -0.2) is 46.3 Å². The molecule has 1 fully saturated rings. The highest BCUT2D eigenvalue weighted by Crippen LogP contribution is 2.36. The van der Waals surface area contributed by atoms with Gasteiger partial charge < -0.3 is 14.8 Å². The highest BCUT2D eigenvalue weighted by molar-refractivity contribution is 9.10. The van der Waals surface area contributed by atoms with Crippen molar-refractivity contribution in [2.24, 2.45) is 0 Å². The number of rotatable bonds is 3. The van der Waals surface area contributed by atoms with Crippen molar-refractivity contribution >= 4 is 26.8 Å². The number of morpholine rings is 1. The summed E-state index contributed by atoms with van der Waals surface area (Å²) in [4.78, 5) is 9.94. The molecule has 0 radical (unpaired) electrons. The first kappa shape index (κ1) is 15.6. The summed E-state index contributed by atoms with van der Waals surface area (Å²) in [6.07, 6.45) is 1.89. The number of aromatic hydroxyl groups is 1. The lowest BCUT2D eigenvalue weighted by Crippen LogP contribution is -2.35. The molecule has 1 aliphatic heterocycles. The molecule has 3 heterocycles. The molecular formula is C18H18BrN3O2. The summed E-state index contributed by atoms with van der Waals surface area (Å²) in [5.41, 5.74) is 3.57. The van der Waals surface area contributed by atoms with E-state index in [-0.39, 0.29) is 5.88 Å². The summed E-state index contributed by atoms with van der Waals surface area (Å²) >= 11 is 3.45. The minimum absolute atomic E-state index is 0.150. The molecule has 2 N–H and O–H groups in total. The van der Waals surface area contributed by atoms with E-state index in [9.17, 15) is 5.11 Å². The van der Waals surface area contributed by atoms with E-state index < -0.39 is 0 Å². The number of fused-ring (bicyclic) bond motifs is 1. The number of halogens is 1. The fourth-order valence-corrected chi connectivity index (χ4v) is 3.46. The van der Waals surface area contributed by atoms with E-state index in [4.69, 9.17) is 4.74 Å². The molecule has 0 amide bonds. The zero-order valence-electron chi connectivity index (χ0n) is 13.1. The molecule has 1 aromatic carbocycles. The summed E-state index contributed by atoms with van der Waals surface area (Å²) in [6.45, 7) is 4.39. The Balaban J connectivity index is 1.62. The van der Waals surface area contributed by atoms with Crippen LogP contribution in [0.3, 0.4) is 0 Å². The van der Waals surface area contributed by atoms with Crippen LogP contribution in [0.5, 0.6) is 5.88 Å². The summed E-state index contributed by atoms with van der Waals surface area (Å²) in [7, 11) is 0. The zero-order chi connectivity index (χ0) is 16.5. The van der Waals surface area contributed by atoms with Crippen LogP contribution in [0, 0.1) is 0 Å². The van der Waals surface area contributed by atoms with E-state index in [2.05, 4.69) is 36.9 Å². The third-order valence-electron chi connectivity index (χ3n) is 4.33. The fourth-order valence-electron chi connectivity index (χ4n) is 3.10. The van der Waals surface area contributed by atoms with E-state index in [1.807, 2.05) is 30.5 Å². The molecule has 124 valence electrons. The topological polar surface area (TPSA) is 61.4 Å². The molecular weight excluding hydrogens is 370 g/mol. The van der Waals surface area contributed by atoms with E-state index in [0.717, 1.165) is 59.5 Å². The monoisotopic (exact) mass is 387 g/mol. The Kier molecular flexibility index (Phi) is 4.26. The molecule has 0 aliphatic carbocycles. The van der Waals surface area contributed by atoms with Crippen molar-refractivity contribution in [3.63, 3.8) is 0 Å². The second-order valence-electron chi connectivity index (χ2n) is 5.98. The van der Waals surface area contributed by atoms with Crippen molar-refractivity contribution in [1.29, 1.82) is 0 Å². The van der Waals surface area contributed by atoms with E-state index in [1.165, 1.54) is 5.56 Å². The van der Waals surface area contributed by atoms with Crippen molar-refractivity contribution in [2.45, 2.75) is 6.54 Å². The maximum atomic E-state index is 10.3. The van der Waals surface area contributed by atoms with Crippen LogP contribution in [0.2, 0.25) is 0 Å². The minimum Gasteiger partial charge on any atom is -0.494 e. The predicted molar refractivity (Wildman–Crippen MR) is 97.0 cm³/mol. The lowest BCUT2D eigenvalue weighted by atomic mass is 10.1. The number of hydrogen-bond donors (Lipinski definition) is 2. The number of benzene rings is 1. The Labute approximate surface area is 148 Å². The molecule has 24 heavy (non-hydrogen) atoms. The molecule has 0 unspecified atom stereocenters. The van der Waals surface area contributed by atoms with Gasteiger partial charge in [0.05, 0.1) is 30.0 Å². The normalized spacial score (nSPS) is 15.9. The van der Waals surface area contributed by atoms with Gasteiger partial charge in [-0.2, -0.15) is 0 Å². The van der Waals surface area contributed by atoms with Crippen molar-refractivity contribution in [3.8, 4) is 17.1 Å². The first-order valence-corrected chi connectivity index (χ1v) is 8.75. The molecule has 0 atom stereocenters. The smallest absolute Gasteiger partial charge is 0.199 e. The molecule has 0 saturated carbocycles. The fraction of sp³-hybridized carbons (Fsp3) is 0.278. The summed E-state index contributed by atoms with van der Waals surface area (Å²) < 4.78 is 6.35. The molecule has 3 aromatic rings. The summed E-state index contributed by atoms with van der Waals surface area (Å²) in [5.74, 6) is 0.150. The Hall–Kier alpha value is -1.89. The third kappa shape index (κ3) is 3.05. The first-order valence-electron chi connectivity index (χ1n) is 7.96. The highest BCUT2D eigenvalue weighted by Gasteiger charge is 2.15. The Bertz CT molecular complexity index is 855. The summed E-state index contributed by atoms with van der Waals surface area (Å²) in [6, 6.07) is 9.95. The van der Waals surface area contributed by atoms with E-state index >= 15 is 0 Å². The molecule has 1 saturated heterocycles. The lowest BCUT2D eigenvalue weighted by molar-refractivity contribution is 0.0341. The number of aromatic nitrogens is 2. The maximum Gasteiger partial charge on any atom is 0.199 e. The van der Waals surface area contributed by atoms with Crippen LogP contribution < -0.4 is 0 Å². The average Bonchev–Trinajstić information content (AvgIpc) is 2.91. The van der Waals surface area contributed by atoms with Gasteiger partial charge in [0.25, 0.3) is 0 Å². The quantitative estimate of drug-likeness (QED) is 0.721. The minimum atomic E-state index is 0.150. The standard InChI is InChI=1S/C18H18BrN3O2/c19-13-2-3-14-16(9-13)21-18(23)17(14)15-4-1-12(10-20-15)11-22-5-7-24-8-6-22/h1-4,9-10,21,23H,5-8,11H2. The Morgan fingerprint density at radius 3 is 2.79 bits per heavy atom. The Morgan fingerprint density at radius 1 is 1.21 bits per heavy atom. The van der Waals surface area contributed by atoms with Crippen LogP contribution in [0.25, 0.3) is 22.2 Å². The second kappa shape index (κ2) is 6.55. The number of hydrogen-bond acceptors (Lipinski definition) is 4. The van der Waals surface area contributed by atoms with Gasteiger partial charge in [-0.3, -0.25) is 9.88 Å². The first-order chi connectivity index (χ1) is 11.7. The number of pyridine rings is 1. The van der Waals surface area contributed by atoms with Gasteiger partial charge in [0.15, 0.2) is 5.88 Å². The molecule has 6 heteroatoms. The summed E-state index contributed by atoms with van der Waals surface area (Å²) in [5, 5.41) is 11.2. The molecule has 1 aliphatic rings. The second-order valence-corrected chi connectivity index (χ2v) is 6.89. The largest absolute Gasteiger partial charge is 0.494 e. The number of aromatic amines is 1. The van der Waals surface area contributed by atoms with Gasteiger partial charge >= 0.3 is 0 Å². The highest BCUT2D eigenvalue weighted by atomic mass is 79.9. The number of nitrogens with zero attached hydrogens (tertiary/aromatic N) is 2. The van der Waals surface area contributed by atoms with Crippen LogP contribution in [0.1, 0.15) is 5.56 Å². The van der Waals surface area contributed by atoms with Crippen molar-refractivity contribution < 1.29 is 9.84 Å². The van der Waals surface area contributed by atoms with Crippen molar-refractivity contribution in [1.82, 2.24) is 14.9 Å². The van der Waals surface area contributed by atoms with Crippen molar-refractivity contribution in [2.75, 3.05) is 26.3 Å².